The van der Waals surface area contributed by atoms with Gasteiger partial charge < -0.3 is 5.32 Å². The molecule has 0 bridgehead atoms. The van der Waals surface area contributed by atoms with Crippen LogP contribution in [0.1, 0.15) is 53.6 Å². The lowest BCUT2D eigenvalue weighted by Gasteiger charge is -2.26. The van der Waals surface area contributed by atoms with Crippen molar-refractivity contribution >= 4 is 21.6 Å². The molecule has 1 atom stereocenters. The van der Waals surface area contributed by atoms with Gasteiger partial charge in [-0.25, -0.2) is 8.42 Å². The van der Waals surface area contributed by atoms with Crippen LogP contribution in [0.2, 0.25) is 0 Å². The van der Waals surface area contributed by atoms with Gasteiger partial charge in [0, 0.05) is 0 Å². The van der Waals surface area contributed by atoms with Crippen LogP contribution in [0, 0.1) is 13.8 Å². The Kier molecular flexibility index (Phi) is 7.08. The highest BCUT2D eigenvalue weighted by molar-refractivity contribution is 7.92. The Morgan fingerprint density at radius 1 is 0.912 bits per heavy atom. The number of hydrogen-bond acceptors (Lipinski definition) is 3. The van der Waals surface area contributed by atoms with Crippen molar-refractivity contribution < 1.29 is 13.2 Å². The molecule has 0 saturated heterocycles. The summed E-state index contributed by atoms with van der Waals surface area (Å²) in [7, 11) is -3.92. The molecule has 6 heteroatoms. The molecule has 1 amide bonds. The van der Waals surface area contributed by atoms with Crippen LogP contribution in [0.15, 0.2) is 71.6 Å². The van der Waals surface area contributed by atoms with E-state index < -0.39 is 10.0 Å². The largest absolute Gasteiger partial charge is 0.348 e. The Bertz CT molecular complexity index is 1280. The minimum absolute atomic E-state index is 0.162. The molecule has 5 nitrogen and oxygen atoms in total. The number of fused-ring (bicyclic) bond motifs is 1. The van der Waals surface area contributed by atoms with Gasteiger partial charge in [-0.15, -0.1) is 0 Å². The number of nitrogens with zero attached hydrogens (tertiary/aromatic N) is 1. The van der Waals surface area contributed by atoms with E-state index in [4.69, 9.17) is 0 Å². The van der Waals surface area contributed by atoms with Gasteiger partial charge in [-0.1, -0.05) is 48.0 Å². The van der Waals surface area contributed by atoms with E-state index in [-0.39, 0.29) is 23.4 Å². The molecule has 0 spiro atoms. The molecule has 34 heavy (non-hydrogen) atoms. The molecular formula is C28H32N2O3S. The van der Waals surface area contributed by atoms with E-state index in [1.54, 1.807) is 42.5 Å². The molecule has 0 aromatic heterocycles. The number of aryl methyl sites for hydroxylation is 4. The van der Waals surface area contributed by atoms with Crippen LogP contribution in [0.5, 0.6) is 0 Å². The van der Waals surface area contributed by atoms with E-state index in [0.717, 1.165) is 29.5 Å². The first kappa shape index (κ1) is 24.0. The average Bonchev–Trinajstić information content (AvgIpc) is 2.82. The summed E-state index contributed by atoms with van der Waals surface area (Å²) in [5, 5.41) is 3.01. The summed E-state index contributed by atoms with van der Waals surface area (Å²) < 4.78 is 28.3. The number of hydrogen-bond donors (Lipinski definition) is 1. The zero-order valence-electron chi connectivity index (χ0n) is 20.0. The normalized spacial score (nSPS) is 14.2. The Morgan fingerprint density at radius 3 is 2.32 bits per heavy atom. The summed E-state index contributed by atoms with van der Waals surface area (Å²) in [5.74, 6) is -0.345. The zero-order valence-corrected chi connectivity index (χ0v) is 20.9. The van der Waals surface area contributed by atoms with Gasteiger partial charge in [-0.05, 0) is 93.0 Å². The van der Waals surface area contributed by atoms with Gasteiger partial charge >= 0.3 is 0 Å². The molecule has 0 unspecified atom stereocenters. The summed E-state index contributed by atoms with van der Waals surface area (Å²) in [6.07, 6.45) is 4.60. The lowest BCUT2D eigenvalue weighted by molar-refractivity contribution is -0.120. The quantitative estimate of drug-likeness (QED) is 0.506. The predicted molar refractivity (Wildman–Crippen MR) is 137 cm³/mol. The number of rotatable bonds is 7. The number of benzene rings is 3. The predicted octanol–water partition coefficient (Wildman–Crippen LogP) is 5.25. The summed E-state index contributed by atoms with van der Waals surface area (Å²) >= 11 is 0. The maximum absolute atomic E-state index is 13.6. The number of carbonyl (C=O) groups is 1. The van der Waals surface area contributed by atoms with Crippen LogP contribution in [-0.4, -0.2) is 20.9 Å². The van der Waals surface area contributed by atoms with Gasteiger partial charge in [0.05, 0.1) is 16.6 Å². The van der Waals surface area contributed by atoms with Crippen LogP contribution >= 0.6 is 0 Å². The SMILES string of the molecule is Cc1ccc(S(=O)(=O)N(CC(=O)N[C@H](C)c2ccc3c(c2)CCCC3)c2cccc(C)c2)cc1. The van der Waals surface area contributed by atoms with Gasteiger partial charge in [-0.2, -0.15) is 0 Å². The summed E-state index contributed by atoms with van der Waals surface area (Å²) in [6.45, 7) is 5.45. The van der Waals surface area contributed by atoms with Crippen molar-refractivity contribution in [2.45, 2.75) is 57.4 Å². The van der Waals surface area contributed by atoms with E-state index in [1.807, 2.05) is 26.8 Å². The van der Waals surface area contributed by atoms with Gasteiger partial charge in [0.1, 0.15) is 6.54 Å². The maximum atomic E-state index is 13.6. The molecular weight excluding hydrogens is 444 g/mol. The molecule has 3 aromatic rings. The maximum Gasteiger partial charge on any atom is 0.264 e. The molecule has 3 aromatic carbocycles. The third-order valence-corrected chi connectivity index (χ3v) is 8.22. The van der Waals surface area contributed by atoms with Crippen LogP contribution < -0.4 is 9.62 Å². The standard InChI is InChI=1S/C28H32N2O3S/c1-20-11-15-27(16-12-20)34(32,33)30(26-10-6-7-21(2)17-26)19-28(31)29-22(3)24-14-13-23-8-4-5-9-25(23)18-24/h6-7,10-18,22H,4-5,8-9,19H2,1-3H3,(H,29,31)/t22-/m1/s1. The fraction of sp³-hybridized carbons (Fsp3) is 0.321. The summed E-state index contributed by atoms with van der Waals surface area (Å²) in [5.41, 5.74) is 6.15. The first-order valence-electron chi connectivity index (χ1n) is 11.8. The van der Waals surface area contributed by atoms with Crippen LogP contribution in [0.3, 0.4) is 0 Å². The van der Waals surface area contributed by atoms with Crippen molar-refractivity contribution in [1.29, 1.82) is 0 Å². The molecule has 4 rings (SSSR count). The number of anilines is 1. The summed E-state index contributed by atoms with van der Waals surface area (Å²) in [6, 6.07) is 20.1. The number of amides is 1. The van der Waals surface area contributed by atoms with Crippen molar-refractivity contribution in [2.24, 2.45) is 0 Å². The van der Waals surface area contributed by atoms with Gasteiger partial charge in [0.2, 0.25) is 5.91 Å². The first-order chi connectivity index (χ1) is 16.2. The molecule has 0 heterocycles. The van der Waals surface area contributed by atoms with E-state index in [1.165, 1.54) is 28.3 Å². The highest BCUT2D eigenvalue weighted by Crippen LogP contribution is 2.26. The summed E-state index contributed by atoms with van der Waals surface area (Å²) in [4.78, 5) is 13.3. The smallest absolute Gasteiger partial charge is 0.264 e. The van der Waals surface area contributed by atoms with E-state index in [9.17, 15) is 13.2 Å². The third-order valence-electron chi connectivity index (χ3n) is 6.44. The van der Waals surface area contributed by atoms with E-state index >= 15 is 0 Å². The Hall–Kier alpha value is -3.12. The molecule has 0 saturated carbocycles. The van der Waals surface area contributed by atoms with Crippen molar-refractivity contribution in [3.63, 3.8) is 0 Å². The lowest BCUT2D eigenvalue weighted by atomic mass is 9.89. The Balaban J connectivity index is 1.57. The third kappa shape index (κ3) is 5.33. The van der Waals surface area contributed by atoms with Gasteiger partial charge in [0.25, 0.3) is 10.0 Å². The average molecular weight is 477 g/mol. The second-order valence-electron chi connectivity index (χ2n) is 9.19. The molecule has 0 fully saturated rings. The molecule has 1 aliphatic rings. The molecule has 0 aliphatic heterocycles. The second kappa shape index (κ2) is 10.0. The molecule has 1 aliphatic carbocycles. The van der Waals surface area contributed by atoms with Crippen molar-refractivity contribution in [2.75, 3.05) is 10.8 Å². The fourth-order valence-electron chi connectivity index (χ4n) is 4.46. The van der Waals surface area contributed by atoms with Gasteiger partial charge in [0.15, 0.2) is 0 Å². The Labute approximate surface area is 202 Å². The topological polar surface area (TPSA) is 66.5 Å². The van der Waals surface area contributed by atoms with Crippen LogP contribution in [0.4, 0.5) is 5.69 Å². The van der Waals surface area contributed by atoms with E-state index in [2.05, 4.69) is 23.5 Å². The van der Waals surface area contributed by atoms with Crippen molar-refractivity contribution in [3.8, 4) is 0 Å². The minimum Gasteiger partial charge on any atom is -0.348 e. The molecule has 178 valence electrons. The minimum atomic E-state index is -3.92. The highest BCUT2D eigenvalue weighted by atomic mass is 32.2. The van der Waals surface area contributed by atoms with E-state index in [0.29, 0.717) is 5.69 Å². The number of nitrogens with one attached hydrogen (secondary N) is 1. The first-order valence-corrected chi connectivity index (χ1v) is 13.3. The highest BCUT2D eigenvalue weighted by Gasteiger charge is 2.28. The monoisotopic (exact) mass is 476 g/mol. The fourth-order valence-corrected chi connectivity index (χ4v) is 5.87. The lowest BCUT2D eigenvalue weighted by Crippen LogP contribution is -2.41. The number of carbonyl (C=O) groups excluding carboxylic acids is 1. The van der Waals surface area contributed by atoms with Crippen LogP contribution in [-0.2, 0) is 27.7 Å². The second-order valence-corrected chi connectivity index (χ2v) is 11.1. The molecule has 1 N–H and O–H groups in total. The van der Waals surface area contributed by atoms with Crippen molar-refractivity contribution in [1.82, 2.24) is 5.32 Å². The molecule has 0 radical (unpaired) electrons. The Morgan fingerprint density at radius 2 is 1.62 bits per heavy atom. The van der Waals surface area contributed by atoms with Gasteiger partial charge in [-0.3, -0.25) is 9.10 Å². The van der Waals surface area contributed by atoms with Crippen molar-refractivity contribution in [3.05, 3.63) is 94.5 Å². The zero-order chi connectivity index (χ0) is 24.3. The van der Waals surface area contributed by atoms with Crippen LogP contribution in [0.25, 0.3) is 0 Å². The number of sulfonamides is 1.